The topological polar surface area (TPSA) is 170 Å². The lowest BCUT2D eigenvalue weighted by Crippen LogP contribution is -2.66. The van der Waals surface area contributed by atoms with Crippen molar-refractivity contribution in [1.29, 1.82) is 0 Å². The second kappa shape index (κ2) is 20.5. The molecule has 5 heterocycles. The first-order chi connectivity index (χ1) is 27.4. The third kappa shape index (κ3) is 8.13. The summed E-state index contributed by atoms with van der Waals surface area (Å²) in [5, 5.41) is 33.3. The molecule has 344 valence electrons. The second-order valence-corrected chi connectivity index (χ2v) is 18.3. The molecule has 5 saturated heterocycles. The molecule has 9 aliphatic rings. The van der Waals surface area contributed by atoms with Crippen molar-refractivity contribution in [3.8, 4) is 0 Å². The molecule has 0 amide bonds. The monoisotopic (exact) mass is 897 g/mol. The number of methoxy groups -OCH3 is 8. The van der Waals surface area contributed by atoms with Crippen LogP contribution in [0.2, 0.25) is 0 Å². The standard InChI is InChI=1S/C40H72N8O8.2ClH.H4Si/c1-49-25-21-23(27(51-3)31(55-7)29(25)53-5)39-46-37(21)44-35-19-15-11-9-13-17(19)33(42-35)41-34-18-14-10-12-16-20(18)36(43-34)45-38-22-24(40(47-38)48-39)28(52-4)32(56-8)30(54-6)26(22)50-2;;;/h17-48H,9-16H2,1-8H3;2*1H;1H4. The minimum atomic E-state index is -0.334. The van der Waals surface area contributed by atoms with Gasteiger partial charge in [0.1, 0.15) is 24.4 Å². The van der Waals surface area contributed by atoms with Gasteiger partial charge in [-0.2, -0.15) is 0 Å². The van der Waals surface area contributed by atoms with E-state index in [9.17, 15) is 0 Å². The van der Waals surface area contributed by atoms with Crippen LogP contribution in [0.1, 0.15) is 51.4 Å². The summed E-state index contributed by atoms with van der Waals surface area (Å²) in [6.07, 6.45) is 7.73. The molecule has 4 saturated carbocycles. The molecule has 8 N–H and O–H groups in total. The van der Waals surface area contributed by atoms with Crippen LogP contribution in [0.3, 0.4) is 0 Å². The molecule has 5 aliphatic heterocycles. The fourth-order valence-corrected chi connectivity index (χ4v) is 14.2. The second-order valence-electron chi connectivity index (χ2n) is 18.3. The highest BCUT2D eigenvalue weighted by atomic mass is 35.5. The van der Waals surface area contributed by atoms with E-state index in [4.69, 9.17) is 37.9 Å². The quantitative estimate of drug-likeness (QED) is 0.140. The van der Waals surface area contributed by atoms with E-state index in [0.29, 0.717) is 23.7 Å². The first-order valence-corrected chi connectivity index (χ1v) is 21.7. The molecule has 0 radical (unpaired) electrons. The molecule has 8 bridgehead atoms. The summed E-state index contributed by atoms with van der Waals surface area (Å²) in [7, 11) is 14.2. The Labute approximate surface area is 368 Å². The number of fused-ring (bicyclic) bond motifs is 20. The van der Waals surface area contributed by atoms with E-state index in [1.54, 1.807) is 56.9 Å². The van der Waals surface area contributed by atoms with Crippen molar-refractivity contribution in [3.05, 3.63) is 0 Å². The van der Waals surface area contributed by atoms with Gasteiger partial charge < -0.3 is 37.9 Å². The van der Waals surface area contributed by atoms with Crippen LogP contribution in [-0.2, 0) is 37.9 Å². The van der Waals surface area contributed by atoms with Crippen molar-refractivity contribution >= 4 is 35.8 Å². The van der Waals surface area contributed by atoms with Crippen molar-refractivity contribution in [2.24, 2.45) is 47.3 Å². The summed E-state index contributed by atoms with van der Waals surface area (Å²) < 4.78 is 50.7. The first kappa shape index (κ1) is 48.6. The maximum Gasteiger partial charge on any atom is 0.112 e. The summed E-state index contributed by atoms with van der Waals surface area (Å²) >= 11 is 0. The predicted molar refractivity (Wildman–Crippen MR) is 232 cm³/mol. The lowest BCUT2D eigenvalue weighted by atomic mass is 9.70. The van der Waals surface area contributed by atoms with Gasteiger partial charge in [-0.05, 0) is 60.3 Å². The highest BCUT2D eigenvalue weighted by molar-refractivity contribution is 5.85. The Morgan fingerprint density at radius 3 is 0.627 bits per heavy atom. The van der Waals surface area contributed by atoms with Crippen molar-refractivity contribution < 1.29 is 37.9 Å². The van der Waals surface area contributed by atoms with E-state index in [1.165, 1.54) is 51.4 Å². The van der Waals surface area contributed by atoms with Gasteiger partial charge >= 0.3 is 0 Å². The fourth-order valence-electron chi connectivity index (χ4n) is 14.2. The molecule has 9 rings (SSSR count). The molecule has 24 unspecified atom stereocenters. The first-order valence-electron chi connectivity index (χ1n) is 21.7. The van der Waals surface area contributed by atoms with Gasteiger partial charge in [0.05, 0.1) is 73.7 Å². The molecule has 16 nitrogen and oxygen atoms in total. The van der Waals surface area contributed by atoms with Crippen molar-refractivity contribution in [3.63, 3.8) is 0 Å². The van der Waals surface area contributed by atoms with Crippen molar-refractivity contribution in [2.45, 2.75) is 150 Å². The molecule has 59 heavy (non-hydrogen) atoms. The van der Waals surface area contributed by atoms with E-state index < -0.39 is 0 Å². The van der Waals surface area contributed by atoms with Gasteiger partial charge in [0.25, 0.3) is 0 Å². The van der Waals surface area contributed by atoms with Gasteiger partial charge in [-0.25, -0.2) is 0 Å². The van der Waals surface area contributed by atoms with Gasteiger partial charge in [-0.1, -0.05) is 25.7 Å². The lowest BCUT2D eigenvalue weighted by molar-refractivity contribution is -0.218. The van der Waals surface area contributed by atoms with Crippen LogP contribution in [0.4, 0.5) is 0 Å². The highest BCUT2D eigenvalue weighted by Crippen LogP contribution is 2.48. The average Bonchev–Trinajstić information content (AvgIpc) is 3.97. The smallest absolute Gasteiger partial charge is 0.112 e. The molecule has 0 aromatic rings. The van der Waals surface area contributed by atoms with Crippen LogP contribution in [0.25, 0.3) is 0 Å². The third-order valence-electron chi connectivity index (χ3n) is 16.4. The Kier molecular flexibility index (Phi) is 16.9. The van der Waals surface area contributed by atoms with Gasteiger partial charge in [0.15, 0.2) is 0 Å². The zero-order chi connectivity index (χ0) is 38.8. The van der Waals surface area contributed by atoms with Crippen molar-refractivity contribution in [1.82, 2.24) is 42.5 Å². The summed E-state index contributed by atoms with van der Waals surface area (Å²) in [5.74, 6) is 2.06. The molecule has 19 heteroatoms. The Bertz CT molecular complexity index is 1250. The van der Waals surface area contributed by atoms with E-state index in [0.717, 1.165) is 0 Å². The van der Waals surface area contributed by atoms with E-state index >= 15 is 0 Å². The SMILES string of the molecule is COC1C(OC)C(OC)C2C3NC(NC4NC(NC5NC(NC6NC(N3)C3C(OC)C(OC)C(OC)C(OC)C63)C3CCCCC53)C3CCCCC43)C2C1OC.Cl.Cl.[SiH4]. The van der Waals surface area contributed by atoms with E-state index in [2.05, 4.69) is 42.5 Å². The minimum Gasteiger partial charge on any atom is -0.378 e. The zero-order valence-electron chi connectivity index (χ0n) is 35.6. The van der Waals surface area contributed by atoms with Gasteiger partial charge in [0, 0.05) is 80.6 Å². The summed E-state index contributed by atoms with van der Waals surface area (Å²) in [4.78, 5) is 0. The van der Waals surface area contributed by atoms with E-state index in [1.807, 2.05) is 0 Å². The van der Waals surface area contributed by atoms with Crippen LogP contribution >= 0.6 is 24.8 Å². The number of halogens is 2. The molecule has 24 atom stereocenters. The van der Waals surface area contributed by atoms with Crippen LogP contribution in [0, 0.1) is 47.3 Å². The number of ether oxygens (including phenoxy) is 8. The Hall–Kier alpha value is 0.157. The number of rotatable bonds is 8. The van der Waals surface area contributed by atoms with E-state index in [-0.39, 0.29) is 158 Å². The molecule has 0 aromatic heterocycles. The molecule has 9 fully saturated rings. The lowest BCUT2D eigenvalue weighted by Gasteiger charge is -2.50. The molecule has 0 spiro atoms. The summed E-state index contributed by atoms with van der Waals surface area (Å²) in [6.45, 7) is 0. The largest absolute Gasteiger partial charge is 0.378 e. The molecule has 0 aromatic carbocycles. The number of hydrogen-bond acceptors (Lipinski definition) is 16. The normalized spacial score (nSPS) is 52.5. The fraction of sp³-hybridized carbons (Fsp3) is 1.00. The Morgan fingerprint density at radius 1 is 0.271 bits per heavy atom. The maximum absolute atomic E-state index is 6.45. The predicted octanol–water partition coefficient (Wildman–Crippen LogP) is -1.00. The van der Waals surface area contributed by atoms with Gasteiger partial charge in [-0.15, -0.1) is 24.8 Å². The highest BCUT2D eigenvalue weighted by Gasteiger charge is 2.65. The average molecular weight is 898 g/mol. The number of hydrogen-bond donors (Lipinski definition) is 8. The minimum absolute atomic E-state index is 0. The molecular weight excluding hydrogens is 819 g/mol. The third-order valence-corrected chi connectivity index (χ3v) is 16.4. The Morgan fingerprint density at radius 2 is 0.441 bits per heavy atom. The van der Waals surface area contributed by atoms with Gasteiger partial charge in [0.2, 0.25) is 0 Å². The molecule has 4 aliphatic carbocycles. The van der Waals surface area contributed by atoms with Gasteiger partial charge in [-0.3, -0.25) is 42.5 Å². The summed E-state index contributed by atoms with van der Waals surface area (Å²) in [6, 6.07) is 0. The van der Waals surface area contributed by atoms with Crippen molar-refractivity contribution in [2.75, 3.05) is 56.9 Å². The van der Waals surface area contributed by atoms with Crippen LogP contribution in [0.5, 0.6) is 0 Å². The summed E-state index contributed by atoms with van der Waals surface area (Å²) in [5.41, 5.74) is 0. The maximum atomic E-state index is 6.45. The van der Waals surface area contributed by atoms with Crippen LogP contribution in [-0.4, -0.2) is 166 Å². The van der Waals surface area contributed by atoms with Crippen LogP contribution in [0.15, 0.2) is 0 Å². The molecular formula is C40H78Cl2N8O8Si. The van der Waals surface area contributed by atoms with Crippen LogP contribution < -0.4 is 42.5 Å². The number of nitrogens with one attached hydrogen (secondary N) is 8. The Balaban J connectivity index is 0.00000195. The zero-order valence-corrected chi connectivity index (χ0v) is 37.2.